The minimum atomic E-state index is -0.545. The van der Waals surface area contributed by atoms with Gasteiger partial charge in [0.2, 0.25) is 0 Å². The summed E-state index contributed by atoms with van der Waals surface area (Å²) in [6.07, 6.45) is 0.825. The fourth-order valence-corrected chi connectivity index (χ4v) is 2.41. The van der Waals surface area contributed by atoms with E-state index in [2.05, 4.69) is 31.2 Å². The van der Waals surface area contributed by atoms with Crippen LogP contribution in [0.5, 0.6) is 0 Å². The van der Waals surface area contributed by atoms with Crippen LogP contribution >= 0.6 is 11.8 Å². The Kier molecular flexibility index (Phi) is 4.02. The van der Waals surface area contributed by atoms with E-state index in [-0.39, 0.29) is 0 Å². The molecule has 0 amide bonds. The van der Waals surface area contributed by atoms with Crippen LogP contribution in [0.15, 0.2) is 29.2 Å². The van der Waals surface area contributed by atoms with Crippen molar-refractivity contribution >= 4 is 11.8 Å². The second-order valence-electron chi connectivity index (χ2n) is 4.23. The van der Waals surface area contributed by atoms with E-state index in [0.717, 1.165) is 12.2 Å². The van der Waals surface area contributed by atoms with E-state index in [0.29, 0.717) is 0 Å². The van der Waals surface area contributed by atoms with Crippen molar-refractivity contribution in [1.29, 1.82) is 0 Å². The Morgan fingerprint density at radius 2 is 2.07 bits per heavy atom. The molecule has 0 bridgehead atoms. The molecule has 2 heteroatoms. The number of thioether (sulfide) groups is 1. The molecule has 0 spiro atoms. The first-order valence-corrected chi connectivity index (χ1v) is 5.88. The van der Waals surface area contributed by atoms with Crippen molar-refractivity contribution in [3.05, 3.63) is 29.8 Å². The predicted octanol–water partition coefficient (Wildman–Crippen LogP) is 3.25. The van der Waals surface area contributed by atoms with Gasteiger partial charge in [0.1, 0.15) is 0 Å². The van der Waals surface area contributed by atoms with Crippen molar-refractivity contribution < 1.29 is 5.11 Å². The lowest BCUT2D eigenvalue weighted by atomic mass is 10.1. The van der Waals surface area contributed by atoms with Gasteiger partial charge in [0.05, 0.1) is 5.60 Å². The summed E-state index contributed by atoms with van der Waals surface area (Å²) in [5.74, 6) is 0.965. The lowest BCUT2D eigenvalue weighted by molar-refractivity contribution is 0.0778. The molecule has 0 radical (unpaired) electrons. The van der Waals surface area contributed by atoms with Gasteiger partial charge in [0.25, 0.3) is 0 Å². The van der Waals surface area contributed by atoms with E-state index in [4.69, 9.17) is 0 Å². The molecule has 0 aliphatic heterocycles. The van der Waals surface area contributed by atoms with Crippen molar-refractivity contribution in [3.8, 4) is 0 Å². The normalized spacial score (nSPS) is 11.7. The highest BCUT2D eigenvalue weighted by Crippen LogP contribution is 2.22. The number of benzene rings is 1. The van der Waals surface area contributed by atoms with Crippen LogP contribution in [0.3, 0.4) is 0 Å². The maximum absolute atomic E-state index is 9.54. The summed E-state index contributed by atoms with van der Waals surface area (Å²) in [6.45, 7) is 5.80. The van der Waals surface area contributed by atoms with Gasteiger partial charge in [-0.1, -0.05) is 17.7 Å². The first kappa shape index (κ1) is 11.6. The topological polar surface area (TPSA) is 20.2 Å². The van der Waals surface area contributed by atoms with Gasteiger partial charge in [-0.05, 0) is 39.3 Å². The van der Waals surface area contributed by atoms with E-state index in [1.807, 2.05) is 13.8 Å². The Morgan fingerprint density at radius 3 is 2.64 bits per heavy atom. The molecule has 0 saturated carbocycles. The molecule has 0 heterocycles. The molecule has 0 aliphatic carbocycles. The monoisotopic (exact) mass is 210 g/mol. The van der Waals surface area contributed by atoms with Gasteiger partial charge in [-0.25, -0.2) is 0 Å². The molecular formula is C12H18OS. The van der Waals surface area contributed by atoms with Crippen LogP contribution in [0.2, 0.25) is 0 Å². The van der Waals surface area contributed by atoms with E-state index < -0.39 is 5.60 Å². The molecule has 1 nitrogen and oxygen atoms in total. The molecule has 0 fully saturated rings. The summed E-state index contributed by atoms with van der Waals surface area (Å²) < 4.78 is 0. The van der Waals surface area contributed by atoms with Crippen molar-refractivity contribution in [2.24, 2.45) is 0 Å². The summed E-state index contributed by atoms with van der Waals surface area (Å²) >= 11 is 1.80. The van der Waals surface area contributed by atoms with Gasteiger partial charge in [0, 0.05) is 10.6 Å². The highest BCUT2D eigenvalue weighted by molar-refractivity contribution is 7.99. The second kappa shape index (κ2) is 4.85. The molecular weight excluding hydrogens is 192 g/mol. The van der Waals surface area contributed by atoms with E-state index in [1.54, 1.807) is 11.8 Å². The molecule has 1 N–H and O–H groups in total. The van der Waals surface area contributed by atoms with E-state index in [9.17, 15) is 5.11 Å². The zero-order valence-electron chi connectivity index (χ0n) is 9.08. The Labute approximate surface area is 90.5 Å². The average molecular weight is 210 g/mol. The van der Waals surface area contributed by atoms with Crippen molar-refractivity contribution in [3.63, 3.8) is 0 Å². The molecule has 1 aromatic rings. The Bertz CT molecular complexity index is 289. The SMILES string of the molecule is Cc1cccc(SCCC(C)(C)O)c1. The minimum Gasteiger partial charge on any atom is -0.390 e. The molecule has 78 valence electrons. The van der Waals surface area contributed by atoms with Crippen molar-refractivity contribution in [1.82, 2.24) is 0 Å². The second-order valence-corrected chi connectivity index (χ2v) is 5.40. The summed E-state index contributed by atoms with van der Waals surface area (Å²) in [5, 5.41) is 9.54. The van der Waals surface area contributed by atoms with Crippen molar-refractivity contribution in [2.45, 2.75) is 37.7 Å². The third-order valence-corrected chi connectivity index (χ3v) is 2.97. The molecule has 1 aromatic carbocycles. The summed E-state index contributed by atoms with van der Waals surface area (Å²) in [5.41, 5.74) is 0.745. The number of hydrogen-bond donors (Lipinski definition) is 1. The van der Waals surface area contributed by atoms with Gasteiger partial charge in [-0.3, -0.25) is 0 Å². The fraction of sp³-hybridized carbons (Fsp3) is 0.500. The minimum absolute atomic E-state index is 0.545. The number of rotatable bonds is 4. The summed E-state index contributed by atoms with van der Waals surface area (Å²) in [4.78, 5) is 1.29. The standard InChI is InChI=1S/C12H18OS/c1-10-5-4-6-11(9-10)14-8-7-12(2,3)13/h4-6,9,13H,7-8H2,1-3H3. The Morgan fingerprint density at radius 1 is 1.36 bits per heavy atom. The van der Waals surface area contributed by atoms with Crippen LogP contribution in [-0.4, -0.2) is 16.5 Å². The average Bonchev–Trinajstić information content (AvgIpc) is 2.01. The molecule has 0 unspecified atom stereocenters. The predicted molar refractivity (Wildman–Crippen MR) is 62.8 cm³/mol. The largest absolute Gasteiger partial charge is 0.390 e. The molecule has 0 aromatic heterocycles. The molecule has 14 heavy (non-hydrogen) atoms. The lowest BCUT2D eigenvalue weighted by Gasteiger charge is -2.16. The smallest absolute Gasteiger partial charge is 0.0599 e. The number of aryl methyl sites for hydroxylation is 1. The third-order valence-electron chi connectivity index (χ3n) is 1.97. The molecule has 0 atom stereocenters. The summed E-state index contributed by atoms with van der Waals surface area (Å²) in [7, 11) is 0. The van der Waals surface area contributed by atoms with Crippen molar-refractivity contribution in [2.75, 3.05) is 5.75 Å². The fourth-order valence-electron chi connectivity index (χ4n) is 1.12. The van der Waals surface area contributed by atoms with Crippen LogP contribution in [0, 0.1) is 6.92 Å². The first-order chi connectivity index (χ1) is 6.47. The number of hydrogen-bond acceptors (Lipinski definition) is 2. The lowest BCUT2D eigenvalue weighted by Crippen LogP contribution is -2.18. The van der Waals surface area contributed by atoms with Crippen LogP contribution in [0.4, 0.5) is 0 Å². The highest BCUT2D eigenvalue weighted by Gasteiger charge is 2.11. The first-order valence-electron chi connectivity index (χ1n) is 4.89. The maximum Gasteiger partial charge on any atom is 0.0599 e. The third kappa shape index (κ3) is 4.68. The van der Waals surface area contributed by atoms with Crippen LogP contribution in [0.25, 0.3) is 0 Å². The van der Waals surface area contributed by atoms with Crippen LogP contribution < -0.4 is 0 Å². The zero-order chi connectivity index (χ0) is 10.6. The number of aliphatic hydroxyl groups is 1. The van der Waals surface area contributed by atoms with Gasteiger partial charge in [0.15, 0.2) is 0 Å². The quantitative estimate of drug-likeness (QED) is 0.770. The van der Waals surface area contributed by atoms with Gasteiger partial charge >= 0.3 is 0 Å². The highest BCUT2D eigenvalue weighted by atomic mass is 32.2. The van der Waals surface area contributed by atoms with E-state index >= 15 is 0 Å². The Balaban J connectivity index is 2.39. The molecule has 0 saturated heterocycles. The molecule has 0 aliphatic rings. The van der Waals surface area contributed by atoms with Gasteiger partial charge in [-0.15, -0.1) is 11.8 Å². The van der Waals surface area contributed by atoms with E-state index in [1.165, 1.54) is 10.5 Å². The molecule has 1 rings (SSSR count). The summed E-state index contributed by atoms with van der Waals surface area (Å²) in [6, 6.07) is 8.46. The zero-order valence-corrected chi connectivity index (χ0v) is 9.90. The maximum atomic E-state index is 9.54. The Hall–Kier alpha value is -0.470. The van der Waals surface area contributed by atoms with Gasteiger partial charge < -0.3 is 5.11 Å². The van der Waals surface area contributed by atoms with Crippen LogP contribution in [0.1, 0.15) is 25.8 Å². The van der Waals surface area contributed by atoms with Gasteiger partial charge in [-0.2, -0.15) is 0 Å². The van der Waals surface area contributed by atoms with Crippen LogP contribution in [-0.2, 0) is 0 Å².